The van der Waals surface area contributed by atoms with Gasteiger partial charge in [0.25, 0.3) is 0 Å². The Hall–Kier alpha value is -1.67. The number of hydrogen-bond donors (Lipinski definition) is 1. The molecule has 1 unspecified atom stereocenters. The third-order valence-corrected chi connectivity index (χ3v) is 3.98. The second-order valence-electron chi connectivity index (χ2n) is 4.70. The van der Waals surface area contributed by atoms with Crippen LogP contribution in [0.3, 0.4) is 0 Å². The molecule has 1 saturated heterocycles. The number of anilines is 1. The highest BCUT2D eigenvalue weighted by Crippen LogP contribution is 2.21. The SMILES string of the molecule is CCOC(=O)C1CNCCN1c1nc2c(Br)cccn2n1. The third kappa shape index (κ3) is 2.73. The van der Waals surface area contributed by atoms with Crippen LogP contribution in [-0.4, -0.2) is 52.9 Å². The summed E-state index contributed by atoms with van der Waals surface area (Å²) in [5.41, 5.74) is 0.730. The van der Waals surface area contributed by atoms with Crippen LogP contribution in [0.1, 0.15) is 6.92 Å². The third-order valence-electron chi connectivity index (χ3n) is 3.36. The molecule has 21 heavy (non-hydrogen) atoms. The molecule has 0 aliphatic carbocycles. The van der Waals surface area contributed by atoms with Crippen LogP contribution in [0.15, 0.2) is 22.8 Å². The maximum absolute atomic E-state index is 12.1. The number of halogens is 1. The Labute approximate surface area is 130 Å². The number of pyridine rings is 1. The first-order chi connectivity index (χ1) is 10.2. The Bertz CT molecular complexity index is 659. The largest absolute Gasteiger partial charge is 0.464 e. The number of esters is 1. The van der Waals surface area contributed by atoms with E-state index in [1.54, 1.807) is 11.4 Å². The molecule has 2 aromatic heterocycles. The normalized spacial score (nSPS) is 19.0. The van der Waals surface area contributed by atoms with Gasteiger partial charge in [-0.1, -0.05) is 0 Å². The zero-order valence-electron chi connectivity index (χ0n) is 11.6. The van der Waals surface area contributed by atoms with Crippen molar-refractivity contribution < 1.29 is 9.53 Å². The van der Waals surface area contributed by atoms with Gasteiger partial charge >= 0.3 is 5.97 Å². The van der Waals surface area contributed by atoms with E-state index in [0.717, 1.165) is 16.7 Å². The molecule has 2 aromatic rings. The molecule has 0 radical (unpaired) electrons. The maximum Gasteiger partial charge on any atom is 0.330 e. The minimum absolute atomic E-state index is 0.248. The summed E-state index contributed by atoms with van der Waals surface area (Å²) in [4.78, 5) is 18.5. The van der Waals surface area contributed by atoms with Crippen LogP contribution in [0.25, 0.3) is 5.65 Å². The molecule has 1 aliphatic rings. The molecule has 8 heteroatoms. The maximum atomic E-state index is 12.1. The Morgan fingerprint density at radius 2 is 2.48 bits per heavy atom. The monoisotopic (exact) mass is 353 g/mol. The lowest BCUT2D eigenvalue weighted by atomic mass is 10.2. The molecule has 0 bridgehead atoms. The van der Waals surface area contributed by atoms with Crippen molar-refractivity contribution in [3.05, 3.63) is 22.8 Å². The zero-order valence-corrected chi connectivity index (χ0v) is 13.2. The van der Waals surface area contributed by atoms with Gasteiger partial charge < -0.3 is 15.0 Å². The van der Waals surface area contributed by atoms with Gasteiger partial charge in [-0.05, 0) is 35.0 Å². The summed E-state index contributed by atoms with van der Waals surface area (Å²) in [6.07, 6.45) is 1.83. The smallest absolute Gasteiger partial charge is 0.330 e. The van der Waals surface area contributed by atoms with Crippen molar-refractivity contribution in [3.63, 3.8) is 0 Å². The average molecular weight is 354 g/mol. The number of nitrogens with zero attached hydrogens (tertiary/aromatic N) is 4. The molecular formula is C13H16BrN5O2. The minimum Gasteiger partial charge on any atom is -0.464 e. The van der Waals surface area contributed by atoms with Gasteiger partial charge in [0.15, 0.2) is 5.65 Å². The lowest BCUT2D eigenvalue weighted by molar-refractivity contribution is -0.144. The number of hydrogen-bond acceptors (Lipinski definition) is 6. The van der Waals surface area contributed by atoms with Gasteiger partial charge in [-0.3, -0.25) is 0 Å². The number of piperazine rings is 1. The van der Waals surface area contributed by atoms with Crippen molar-refractivity contribution in [2.75, 3.05) is 31.1 Å². The number of fused-ring (bicyclic) bond motifs is 1. The van der Waals surface area contributed by atoms with Crippen molar-refractivity contribution in [2.24, 2.45) is 0 Å². The van der Waals surface area contributed by atoms with Crippen LogP contribution in [0, 0.1) is 0 Å². The van der Waals surface area contributed by atoms with E-state index in [4.69, 9.17) is 4.74 Å². The highest BCUT2D eigenvalue weighted by atomic mass is 79.9. The van der Waals surface area contributed by atoms with Gasteiger partial charge in [-0.15, -0.1) is 5.10 Å². The number of nitrogens with one attached hydrogen (secondary N) is 1. The Morgan fingerprint density at radius 1 is 1.62 bits per heavy atom. The summed E-state index contributed by atoms with van der Waals surface area (Å²) in [5.74, 6) is 0.295. The highest BCUT2D eigenvalue weighted by Gasteiger charge is 2.32. The standard InChI is InChI=1S/C13H16BrN5O2/c1-2-21-12(20)10-8-15-5-7-18(10)13-16-11-9(14)4-3-6-19(11)17-13/h3-4,6,10,15H,2,5,7-8H2,1H3. The molecule has 0 saturated carbocycles. The second-order valence-corrected chi connectivity index (χ2v) is 5.56. The average Bonchev–Trinajstić information content (AvgIpc) is 2.93. The highest BCUT2D eigenvalue weighted by molar-refractivity contribution is 9.10. The van der Waals surface area contributed by atoms with Gasteiger partial charge in [0.2, 0.25) is 5.95 Å². The van der Waals surface area contributed by atoms with Gasteiger partial charge in [0.05, 0.1) is 11.1 Å². The van der Waals surface area contributed by atoms with Crippen molar-refractivity contribution in [1.82, 2.24) is 19.9 Å². The number of aromatic nitrogens is 3. The van der Waals surface area contributed by atoms with Gasteiger partial charge in [0, 0.05) is 25.8 Å². The number of rotatable bonds is 3. The van der Waals surface area contributed by atoms with Crippen LogP contribution in [-0.2, 0) is 9.53 Å². The van der Waals surface area contributed by atoms with Crippen LogP contribution in [0.5, 0.6) is 0 Å². The molecule has 1 N–H and O–H groups in total. The summed E-state index contributed by atoms with van der Waals surface area (Å²) in [7, 11) is 0. The molecule has 3 heterocycles. The predicted molar refractivity (Wildman–Crippen MR) is 81.3 cm³/mol. The van der Waals surface area contributed by atoms with E-state index in [2.05, 4.69) is 31.3 Å². The molecule has 112 valence electrons. The minimum atomic E-state index is -0.394. The Morgan fingerprint density at radius 3 is 3.24 bits per heavy atom. The molecular weight excluding hydrogens is 338 g/mol. The fourth-order valence-electron chi connectivity index (χ4n) is 2.38. The predicted octanol–water partition coefficient (Wildman–Crippen LogP) is 0.833. The van der Waals surface area contributed by atoms with Gasteiger partial charge in [0.1, 0.15) is 6.04 Å². The molecule has 7 nitrogen and oxygen atoms in total. The fraction of sp³-hybridized carbons (Fsp3) is 0.462. The van der Waals surface area contributed by atoms with E-state index in [1.165, 1.54) is 0 Å². The van der Waals surface area contributed by atoms with Crippen LogP contribution in [0.2, 0.25) is 0 Å². The first kappa shape index (κ1) is 14.3. The van der Waals surface area contributed by atoms with Crippen molar-refractivity contribution >= 4 is 33.5 Å². The molecule has 1 fully saturated rings. The Kier molecular flexibility index (Phi) is 4.07. The van der Waals surface area contributed by atoms with Crippen LogP contribution >= 0.6 is 15.9 Å². The van der Waals surface area contributed by atoms with E-state index < -0.39 is 6.04 Å². The summed E-state index contributed by atoms with van der Waals surface area (Å²) >= 11 is 3.46. The number of carbonyl (C=O) groups is 1. The molecule has 0 aromatic carbocycles. The van der Waals surface area contributed by atoms with E-state index in [1.807, 2.05) is 23.2 Å². The van der Waals surface area contributed by atoms with Crippen LogP contribution < -0.4 is 10.2 Å². The lowest BCUT2D eigenvalue weighted by Crippen LogP contribution is -2.56. The molecule has 0 spiro atoms. The molecule has 1 atom stereocenters. The summed E-state index contributed by atoms with van der Waals surface area (Å²) < 4.78 is 7.70. The van der Waals surface area contributed by atoms with Crippen molar-refractivity contribution in [3.8, 4) is 0 Å². The van der Waals surface area contributed by atoms with Crippen molar-refractivity contribution in [1.29, 1.82) is 0 Å². The van der Waals surface area contributed by atoms with Gasteiger partial charge in [-0.2, -0.15) is 4.98 Å². The topological polar surface area (TPSA) is 71.8 Å². The summed E-state index contributed by atoms with van der Waals surface area (Å²) in [6.45, 7) is 4.16. The van der Waals surface area contributed by atoms with E-state index in [0.29, 0.717) is 25.6 Å². The van der Waals surface area contributed by atoms with Crippen molar-refractivity contribution in [2.45, 2.75) is 13.0 Å². The summed E-state index contributed by atoms with van der Waals surface area (Å²) in [6, 6.07) is 3.40. The number of ether oxygens (including phenoxy) is 1. The summed E-state index contributed by atoms with van der Waals surface area (Å²) in [5, 5.41) is 7.66. The van der Waals surface area contributed by atoms with Crippen LogP contribution in [0.4, 0.5) is 5.95 Å². The first-order valence-corrected chi connectivity index (χ1v) is 7.65. The fourth-order valence-corrected chi connectivity index (χ4v) is 2.80. The molecule has 1 aliphatic heterocycles. The van der Waals surface area contributed by atoms with E-state index in [-0.39, 0.29) is 5.97 Å². The lowest BCUT2D eigenvalue weighted by Gasteiger charge is -2.33. The zero-order chi connectivity index (χ0) is 14.8. The first-order valence-electron chi connectivity index (χ1n) is 6.85. The molecule has 0 amide bonds. The Balaban J connectivity index is 1.94. The second kappa shape index (κ2) is 5.98. The number of carbonyl (C=O) groups excluding carboxylic acids is 1. The molecule has 3 rings (SSSR count). The van der Waals surface area contributed by atoms with Gasteiger partial charge in [-0.25, -0.2) is 9.31 Å². The quantitative estimate of drug-likeness (QED) is 0.824. The van der Waals surface area contributed by atoms with E-state index >= 15 is 0 Å². The van der Waals surface area contributed by atoms with E-state index in [9.17, 15) is 4.79 Å².